The van der Waals surface area contributed by atoms with Crippen LogP contribution in [0.5, 0.6) is 0 Å². The van der Waals surface area contributed by atoms with Crippen LogP contribution in [0.25, 0.3) is 0 Å². The Morgan fingerprint density at radius 2 is 2.07 bits per heavy atom. The molecule has 0 atom stereocenters. The van der Waals surface area contributed by atoms with E-state index in [9.17, 15) is 0 Å². The molecule has 0 nitrogen and oxygen atoms in total. The van der Waals surface area contributed by atoms with Crippen LogP contribution in [0.15, 0.2) is 47.4 Å². The van der Waals surface area contributed by atoms with Gasteiger partial charge in [0.05, 0.1) is 0 Å². The molecule has 0 spiro atoms. The fraction of sp³-hybridized carbons (Fsp3) is 0.231. The Labute approximate surface area is 90.4 Å². The quantitative estimate of drug-likeness (QED) is 0.398. The molecule has 0 aliphatic heterocycles. The van der Waals surface area contributed by atoms with Crippen molar-refractivity contribution in [2.24, 2.45) is 0 Å². The zero-order valence-corrected chi connectivity index (χ0v) is 9.02. The lowest BCUT2D eigenvalue weighted by Gasteiger charge is -2.03. The molecule has 0 heterocycles. The summed E-state index contributed by atoms with van der Waals surface area (Å²) >= 11 is 1.81. The molecule has 0 amide bonds. The largest absolute Gasteiger partial charge is 0.122 e. The number of hydrogen-bond acceptors (Lipinski definition) is 1. The predicted octanol–water partition coefficient (Wildman–Crippen LogP) is 3.75. The van der Waals surface area contributed by atoms with E-state index in [0.29, 0.717) is 0 Å². The van der Waals surface area contributed by atoms with Crippen LogP contribution in [-0.4, -0.2) is 5.75 Å². The summed E-state index contributed by atoms with van der Waals surface area (Å²) in [6, 6.07) is 10.3. The maximum atomic E-state index is 5.19. The van der Waals surface area contributed by atoms with Crippen LogP contribution < -0.4 is 0 Å². The lowest BCUT2D eigenvalue weighted by atomic mass is 10.2. The standard InChI is InChI=1S/C13H14S/c1-3-4-8-12(2)11-14-13-9-6-5-7-10-13/h1,5-7,9-10H,2,4,8,11H2. The van der Waals surface area contributed by atoms with E-state index in [2.05, 4.69) is 24.6 Å². The highest BCUT2D eigenvalue weighted by Crippen LogP contribution is 2.20. The third-order valence-corrected chi connectivity index (χ3v) is 2.97. The molecular formula is C13H14S. The smallest absolute Gasteiger partial charge is 0.0188 e. The average molecular weight is 202 g/mol. The van der Waals surface area contributed by atoms with E-state index in [1.54, 1.807) is 0 Å². The Balaban J connectivity index is 2.28. The Morgan fingerprint density at radius 3 is 2.71 bits per heavy atom. The van der Waals surface area contributed by atoms with Gasteiger partial charge in [-0.15, -0.1) is 24.1 Å². The van der Waals surface area contributed by atoms with Gasteiger partial charge in [0.2, 0.25) is 0 Å². The van der Waals surface area contributed by atoms with Gasteiger partial charge in [-0.3, -0.25) is 0 Å². The Kier molecular flexibility index (Phi) is 4.96. The minimum atomic E-state index is 0.800. The van der Waals surface area contributed by atoms with Gasteiger partial charge >= 0.3 is 0 Å². The van der Waals surface area contributed by atoms with Gasteiger partial charge in [-0.25, -0.2) is 0 Å². The second kappa shape index (κ2) is 6.34. The van der Waals surface area contributed by atoms with E-state index in [1.807, 2.05) is 30.0 Å². The van der Waals surface area contributed by atoms with E-state index in [4.69, 9.17) is 6.42 Å². The van der Waals surface area contributed by atoms with Crippen LogP contribution in [0.2, 0.25) is 0 Å². The summed E-state index contributed by atoms with van der Waals surface area (Å²) in [5, 5.41) is 0. The van der Waals surface area contributed by atoms with E-state index >= 15 is 0 Å². The van der Waals surface area contributed by atoms with E-state index in [1.165, 1.54) is 10.5 Å². The average Bonchev–Trinajstić information content (AvgIpc) is 2.25. The Morgan fingerprint density at radius 1 is 1.36 bits per heavy atom. The van der Waals surface area contributed by atoms with Crippen molar-refractivity contribution in [2.45, 2.75) is 17.7 Å². The molecule has 14 heavy (non-hydrogen) atoms. The first-order valence-corrected chi connectivity index (χ1v) is 5.59. The van der Waals surface area contributed by atoms with Gasteiger partial charge in [-0.2, -0.15) is 0 Å². The molecule has 0 aliphatic rings. The van der Waals surface area contributed by atoms with Gasteiger partial charge in [-0.05, 0) is 18.6 Å². The monoisotopic (exact) mass is 202 g/mol. The van der Waals surface area contributed by atoms with E-state index in [0.717, 1.165) is 18.6 Å². The minimum absolute atomic E-state index is 0.800. The molecule has 1 aromatic rings. The predicted molar refractivity (Wildman–Crippen MR) is 64.4 cm³/mol. The topological polar surface area (TPSA) is 0 Å². The van der Waals surface area contributed by atoms with Crippen molar-refractivity contribution in [2.75, 3.05) is 5.75 Å². The number of terminal acetylenes is 1. The highest BCUT2D eigenvalue weighted by molar-refractivity contribution is 7.99. The molecule has 0 N–H and O–H groups in total. The van der Waals surface area contributed by atoms with Crippen LogP contribution >= 0.6 is 11.8 Å². The van der Waals surface area contributed by atoms with Crippen molar-refractivity contribution in [3.63, 3.8) is 0 Å². The Bertz CT molecular complexity index is 319. The van der Waals surface area contributed by atoms with Gasteiger partial charge in [-0.1, -0.05) is 30.4 Å². The fourth-order valence-corrected chi connectivity index (χ4v) is 1.89. The molecule has 0 aliphatic carbocycles. The molecule has 0 unspecified atom stereocenters. The molecule has 0 saturated carbocycles. The van der Waals surface area contributed by atoms with Crippen LogP contribution in [0, 0.1) is 12.3 Å². The summed E-state index contributed by atoms with van der Waals surface area (Å²) in [5.41, 5.74) is 1.22. The maximum absolute atomic E-state index is 5.19. The molecule has 0 fully saturated rings. The molecular weight excluding hydrogens is 188 g/mol. The lowest BCUT2D eigenvalue weighted by molar-refractivity contribution is 1.01. The summed E-state index contributed by atoms with van der Waals surface area (Å²) in [4.78, 5) is 1.29. The first-order chi connectivity index (χ1) is 6.83. The summed E-state index contributed by atoms with van der Waals surface area (Å²) in [5.74, 6) is 3.59. The van der Waals surface area contributed by atoms with Crippen LogP contribution in [0.1, 0.15) is 12.8 Å². The zero-order chi connectivity index (χ0) is 10.2. The maximum Gasteiger partial charge on any atom is 0.0188 e. The van der Waals surface area contributed by atoms with Gasteiger partial charge in [0, 0.05) is 17.1 Å². The summed E-state index contributed by atoms with van der Waals surface area (Å²) in [6.07, 6.45) is 6.93. The van der Waals surface area contributed by atoms with Gasteiger partial charge in [0.25, 0.3) is 0 Å². The third kappa shape index (κ3) is 4.20. The Hall–Kier alpha value is -1.13. The van der Waals surface area contributed by atoms with Crippen molar-refractivity contribution < 1.29 is 0 Å². The molecule has 0 bridgehead atoms. The second-order valence-corrected chi connectivity index (χ2v) is 4.10. The van der Waals surface area contributed by atoms with Crippen LogP contribution in [0.3, 0.4) is 0 Å². The molecule has 72 valence electrons. The van der Waals surface area contributed by atoms with Gasteiger partial charge in [0.1, 0.15) is 0 Å². The summed E-state index contributed by atoms with van der Waals surface area (Å²) in [6.45, 7) is 3.99. The number of rotatable bonds is 5. The fourth-order valence-electron chi connectivity index (χ4n) is 1.02. The number of hydrogen-bond donors (Lipinski definition) is 0. The molecule has 1 aromatic carbocycles. The van der Waals surface area contributed by atoms with E-state index in [-0.39, 0.29) is 0 Å². The van der Waals surface area contributed by atoms with Crippen molar-refractivity contribution in [3.05, 3.63) is 42.5 Å². The van der Waals surface area contributed by atoms with Crippen molar-refractivity contribution in [1.29, 1.82) is 0 Å². The molecule has 0 aromatic heterocycles. The molecule has 0 saturated heterocycles. The second-order valence-electron chi connectivity index (χ2n) is 3.06. The molecule has 0 radical (unpaired) electrons. The van der Waals surface area contributed by atoms with Gasteiger partial charge < -0.3 is 0 Å². The highest BCUT2D eigenvalue weighted by atomic mass is 32.2. The molecule has 1 heteroatoms. The van der Waals surface area contributed by atoms with Crippen LogP contribution in [-0.2, 0) is 0 Å². The van der Waals surface area contributed by atoms with E-state index < -0.39 is 0 Å². The lowest BCUT2D eigenvalue weighted by Crippen LogP contribution is -1.85. The van der Waals surface area contributed by atoms with Crippen LogP contribution in [0.4, 0.5) is 0 Å². The zero-order valence-electron chi connectivity index (χ0n) is 8.20. The van der Waals surface area contributed by atoms with Crippen molar-refractivity contribution in [3.8, 4) is 12.3 Å². The minimum Gasteiger partial charge on any atom is -0.122 e. The van der Waals surface area contributed by atoms with Crippen molar-refractivity contribution >= 4 is 11.8 Å². The number of thioether (sulfide) groups is 1. The summed E-state index contributed by atoms with van der Waals surface area (Å²) in [7, 11) is 0. The molecule has 1 rings (SSSR count). The highest BCUT2D eigenvalue weighted by Gasteiger charge is 1.95. The first-order valence-electron chi connectivity index (χ1n) is 4.61. The SMILES string of the molecule is C#CCCC(=C)CSc1ccccc1. The van der Waals surface area contributed by atoms with Gasteiger partial charge in [0.15, 0.2) is 0 Å². The first kappa shape index (κ1) is 10.9. The van der Waals surface area contributed by atoms with Crippen molar-refractivity contribution in [1.82, 2.24) is 0 Å². The summed E-state index contributed by atoms with van der Waals surface area (Å²) < 4.78 is 0. The number of benzene rings is 1. The third-order valence-electron chi connectivity index (χ3n) is 1.81. The normalized spacial score (nSPS) is 9.36.